The molecule has 1 atom stereocenters. The third-order valence-electron chi connectivity index (χ3n) is 4.10. The van der Waals surface area contributed by atoms with Crippen molar-refractivity contribution in [1.29, 1.82) is 0 Å². The lowest BCUT2D eigenvalue weighted by Gasteiger charge is -2.13. The SMILES string of the molecule is O=C(CCNC(=O)C1CCCC1)NC[C@H](O)c1cccc(Cl)c1. The van der Waals surface area contributed by atoms with Crippen molar-refractivity contribution in [2.45, 2.75) is 38.2 Å². The van der Waals surface area contributed by atoms with Crippen LogP contribution < -0.4 is 10.6 Å². The number of rotatable bonds is 7. The Balaban J connectivity index is 1.63. The summed E-state index contributed by atoms with van der Waals surface area (Å²) < 4.78 is 0. The van der Waals surface area contributed by atoms with E-state index >= 15 is 0 Å². The van der Waals surface area contributed by atoms with E-state index in [4.69, 9.17) is 11.6 Å². The fourth-order valence-electron chi connectivity index (χ4n) is 2.76. The van der Waals surface area contributed by atoms with Gasteiger partial charge < -0.3 is 15.7 Å². The fraction of sp³-hybridized carbons (Fsp3) is 0.529. The van der Waals surface area contributed by atoms with E-state index in [-0.39, 0.29) is 30.7 Å². The van der Waals surface area contributed by atoms with Gasteiger partial charge in [0.15, 0.2) is 0 Å². The highest BCUT2D eigenvalue weighted by Crippen LogP contribution is 2.24. The highest BCUT2D eigenvalue weighted by molar-refractivity contribution is 6.30. The van der Waals surface area contributed by atoms with E-state index in [1.807, 2.05) is 0 Å². The quantitative estimate of drug-likeness (QED) is 0.713. The first kappa shape index (κ1) is 17.8. The normalized spacial score (nSPS) is 16.1. The van der Waals surface area contributed by atoms with Crippen LogP contribution in [0.25, 0.3) is 0 Å². The lowest BCUT2D eigenvalue weighted by Crippen LogP contribution is -2.34. The molecule has 0 saturated heterocycles. The molecule has 0 spiro atoms. The van der Waals surface area contributed by atoms with Crippen LogP contribution in [-0.2, 0) is 9.59 Å². The van der Waals surface area contributed by atoms with Gasteiger partial charge in [-0.2, -0.15) is 0 Å². The molecule has 1 saturated carbocycles. The van der Waals surface area contributed by atoms with Crippen molar-refractivity contribution in [3.63, 3.8) is 0 Å². The van der Waals surface area contributed by atoms with Crippen molar-refractivity contribution in [2.24, 2.45) is 5.92 Å². The highest BCUT2D eigenvalue weighted by atomic mass is 35.5. The van der Waals surface area contributed by atoms with Crippen LogP contribution in [0.4, 0.5) is 0 Å². The summed E-state index contributed by atoms with van der Waals surface area (Å²) in [6.45, 7) is 0.449. The molecule has 0 unspecified atom stereocenters. The van der Waals surface area contributed by atoms with Gasteiger partial charge in [0.25, 0.3) is 0 Å². The van der Waals surface area contributed by atoms with Gasteiger partial charge in [0.2, 0.25) is 11.8 Å². The summed E-state index contributed by atoms with van der Waals surface area (Å²) in [7, 11) is 0. The summed E-state index contributed by atoms with van der Waals surface area (Å²) in [6.07, 6.45) is 3.53. The Hall–Kier alpha value is -1.59. The van der Waals surface area contributed by atoms with Crippen molar-refractivity contribution in [3.05, 3.63) is 34.9 Å². The number of hydrogen-bond acceptors (Lipinski definition) is 3. The van der Waals surface area contributed by atoms with Gasteiger partial charge >= 0.3 is 0 Å². The first-order valence-corrected chi connectivity index (χ1v) is 8.42. The largest absolute Gasteiger partial charge is 0.387 e. The van der Waals surface area contributed by atoms with Gasteiger partial charge in [-0.25, -0.2) is 0 Å². The third kappa shape index (κ3) is 5.84. The molecule has 6 heteroatoms. The first-order chi connectivity index (χ1) is 11.1. The zero-order valence-electron chi connectivity index (χ0n) is 13.1. The predicted octanol–water partition coefficient (Wildman–Crippen LogP) is 2.19. The number of halogens is 1. The van der Waals surface area contributed by atoms with Gasteiger partial charge in [0.1, 0.15) is 0 Å². The molecule has 1 aliphatic rings. The molecule has 0 heterocycles. The Bertz CT molecular complexity index is 544. The highest BCUT2D eigenvalue weighted by Gasteiger charge is 2.22. The Morgan fingerprint density at radius 1 is 1.26 bits per heavy atom. The Morgan fingerprint density at radius 2 is 2.00 bits per heavy atom. The molecular weight excluding hydrogens is 316 g/mol. The van der Waals surface area contributed by atoms with Gasteiger partial charge in [-0.3, -0.25) is 9.59 Å². The second-order valence-corrected chi connectivity index (χ2v) is 6.33. The minimum absolute atomic E-state index is 0.0502. The van der Waals surface area contributed by atoms with Gasteiger partial charge in [-0.15, -0.1) is 0 Å². The Morgan fingerprint density at radius 3 is 2.70 bits per heavy atom. The molecule has 0 aromatic heterocycles. The molecule has 1 aliphatic carbocycles. The van der Waals surface area contributed by atoms with E-state index in [1.54, 1.807) is 24.3 Å². The van der Waals surface area contributed by atoms with Crippen LogP contribution in [0.5, 0.6) is 0 Å². The van der Waals surface area contributed by atoms with E-state index in [0.717, 1.165) is 25.7 Å². The molecule has 5 nitrogen and oxygen atoms in total. The van der Waals surface area contributed by atoms with Crippen LogP contribution in [-0.4, -0.2) is 30.0 Å². The Kier molecular flexibility index (Phi) is 6.86. The monoisotopic (exact) mass is 338 g/mol. The molecule has 0 aliphatic heterocycles. The lowest BCUT2D eigenvalue weighted by atomic mass is 10.1. The number of aliphatic hydroxyl groups excluding tert-OH is 1. The van der Waals surface area contributed by atoms with Crippen molar-refractivity contribution in [1.82, 2.24) is 10.6 Å². The van der Waals surface area contributed by atoms with Crippen molar-refractivity contribution < 1.29 is 14.7 Å². The molecule has 1 aromatic rings. The van der Waals surface area contributed by atoms with Crippen LogP contribution >= 0.6 is 11.6 Å². The zero-order valence-corrected chi connectivity index (χ0v) is 13.8. The van der Waals surface area contributed by atoms with Crippen molar-refractivity contribution in [3.8, 4) is 0 Å². The molecule has 1 aromatic carbocycles. The first-order valence-electron chi connectivity index (χ1n) is 8.04. The molecule has 1 fully saturated rings. The van der Waals surface area contributed by atoms with E-state index in [2.05, 4.69) is 10.6 Å². The summed E-state index contributed by atoms with van der Waals surface area (Å²) in [5.41, 5.74) is 0.660. The number of hydrogen-bond donors (Lipinski definition) is 3. The molecule has 3 N–H and O–H groups in total. The number of nitrogens with one attached hydrogen (secondary N) is 2. The van der Waals surface area contributed by atoms with Crippen molar-refractivity contribution in [2.75, 3.05) is 13.1 Å². The summed E-state index contributed by atoms with van der Waals surface area (Å²) in [6, 6.07) is 6.90. The van der Waals surface area contributed by atoms with Gasteiger partial charge in [0, 0.05) is 30.5 Å². The summed E-state index contributed by atoms with van der Waals surface area (Å²) in [5.74, 6) is -0.0326. The van der Waals surface area contributed by atoms with Crippen LogP contribution in [0.15, 0.2) is 24.3 Å². The van der Waals surface area contributed by atoms with E-state index in [9.17, 15) is 14.7 Å². The second kappa shape index (κ2) is 8.89. The maximum Gasteiger partial charge on any atom is 0.223 e. The third-order valence-corrected chi connectivity index (χ3v) is 4.34. The van der Waals surface area contributed by atoms with Crippen LogP contribution in [0.1, 0.15) is 43.8 Å². The number of benzene rings is 1. The second-order valence-electron chi connectivity index (χ2n) is 5.90. The molecule has 0 bridgehead atoms. The number of aliphatic hydroxyl groups is 1. The van der Waals surface area contributed by atoms with E-state index in [1.165, 1.54) is 0 Å². The smallest absolute Gasteiger partial charge is 0.223 e. The molecule has 2 rings (SSSR count). The standard InChI is InChI=1S/C17H23ClN2O3/c18-14-7-3-6-13(10-14)15(21)11-20-16(22)8-9-19-17(23)12-4-1-2-5-12/h3,6-7,10,12,15,21H,1-2,4-5,8-9,11H2,(H,19,23)(H,20,22)/t15-/m0/s1. The minimum Gasteiger partial charge on any atom is -0.387 e. The predicted molar refractivity (Wildman–Crippen MR) is 89.0 cm³/mol. The van der Waals surface area contributed by atoms with E-state index in [0.29, 0.717) is 17.1 Å². The van der Waals surface area contributed by atoms with Crippen LogP contribution in [0.2, 0.25) is 5.02 Å². The Labute approximate surface area is 141 Å². The molecule has 2 amide bonds. The topological polar surface area (TPSA) is 78.4 Å². The number of carbonyl (C=O) groups is 2. The van der Waals surface area contributed by atoms with Gasteiger partial charge in [0.05, 0.1) is 6.10 Å². The molecule has 126 valence electrons. The fourth-order valence-corrected chi connectivity index (χ4v) is 2.96. The van der Waals surface area contributed by atoms with Gasteiger partial charge in [-0.1, -0.05) is 36.6 Å². The minimum atomic E-state index is -0.800. The summed E-state index contributed by atoms with van der Waals surface area (Å²) in [4.78, 5) is 23.6. The number of amides is 2. The average molecular weight is 339 g/mol. The number of carbonyl (C=O) groups excluding carboxylic acids is 2. The molecule has 0 radical (unpaired) electrons. The molecule has 23 heavy (non-hydrogen) atoms. The van der Waals surface area contributed by atoms with Crippen LogP contribution in [0.3, 0.4) is 0 Å². The maximum absolute atomic E-state index is 11.8. The zero-order chi connectivity index (χ0) is 16.7. The lowest BCUT2D eigenvalue weighted by molar-refractivity contribution is -0.125. The van der Waals surface area contributed by atoms with E-state index < -0.39 is 6.10 Å². The van der Waals surface area contributed by atoms with Crippen molar-refractivity contribution >= 4 is 23.4 Å². The average Bonchev–Trinajstić information content (AvgIpc) is 3.07. The maximum atomic E-state index is 11.8. The summed E-state index contributed by atoms with van der Waals surface area (Å²) >= 11 is 5.86. The molecular formula is C17H23ClN2O3. The summed E-state index contributed by atoms with van der Waals surface area (Å²) in [5, 5.41) is 16.0. The van der Waals surface area contributed by atoms with Gasteiger partial charge in [-0.05, 0) is 30.5 Å². The van der Waals surface area contributed by atoms with Crippen LogP contribution in [0, 0.1) is 5.92 Å².